The highest BCUT2D eigenvalue weighted by Crippen LogP contribution is 2.32. The van der Waals surface area contributed by atoms with Gasteiger partial charge in [0.25, 0.3) is 5.91 Å². The summed E-state index contributed by atoms with van der Waals surface area (Å²) in [5.74, 6) is 0.986. The average Bonchev–Trinajstić information content (AvgIpc) is 3.17. The van der Waals surface area contributed by atoms with Crippen LogP contribution in [0.15, 0.2) is 66.7 Å². The van der Waals surface area contributed by atoms with Gasteiger partial charge in [0, 0.05) is 22.6 Å². The summed E-state index contributed by atoms with van der Waals surface area (Å²) in [5, 5.41) is 15.0. The predicted octanol–water partition coefficient (Wildman–Crippen LogP) is 4.28. The highest BCUT2D eigenvalue weighted by atomic mass is 16.7. The molecule has 0 aliphatic carbocycles. The van der Waals surface area contributed by atoms with Gasteiger partial charge >= 0.3 is 0 Å². The molecule has 0 aromatic heterocycles. The Hall–Kier alpha value is -3.98. The number of hydrogen-bond acceptors (Lipinski definition) is 5. The molecule has 1 heterocycles. The first kappa shape index (κ1) is 16.5. The molecule has 2 N–H and O–H groups in total. The molecule has 1 aliphatic rings. The van der Waals surface area contributed by atoms with Gasteiger partial charge in [-0.15, -0.1) is 0 Å². The van der Waals surface area contributed by atoms with Gasteiger partial charge in [0.1, 0.15) is 0 Å². The number of rotatable bonds is 4. The minimum Gasteiger partial charge on any atom is -0.454 e. The summed E-state index contributed by atoms with van der Waals surface area (Å²) in [6.07, 6.45) is 0. The minimum absolute atomic E-state index is 0.173. The van der Waals surface area contributed by atoms with Crippen molar-refractivity contribution in [3.8, 4) is 17.6 Å². The van der Waals surface area contributed by atoms with E-state index in [1.165, 1.54) is 0 Å². The maximum atomic E-state index is 12.4. The molecule has 1 amide bonds. The first-order chi connectivity index (χ1) is 13.2. The molecule has 0 atom stereocenters. The zero-order valence-corrected chi connectivity index (χ0v) is 14.2. The van der Waals surface area contributed by atoms with Gasteiger partial charge in [-0.3, -0.25) is 4.79 Å². The molecule has 1 aliphatic heterocycles. The van der Waals surface area contributed by atoms with E-state index in [1.807, 2.05) is 24.3 Å². The van der Waals surface area contributed by atoms with Gasteiger partial charge in [0.2, 0.25) is 6.79 Å². The number of carbonyl (C=O) groups is 1. The van der Waals surface area contributed by atoms with Crippen LogP contribution in [-0.4, -0.2) is 12.7 Å². The smallest absolute Gasteiger partial charge is 0.255 e. The molecule has 0 saturated heterocycles. The van der Waals surface area contributed by atoms with Crippen LogP contribution >= 0.6 is 0 Å². The van der Waals surface area contributed by atoms with Crippen LogP contribution in [-0.2, 0) is 0 Å². The Morgan fingerprint density at radius 1 is 0.889 bits per heavy atom. The maximum Gasteiger partial charge on any atom is 0.255 e. The minimum atomic E-state index is -0.226. The van der Waals surface area contributed by atoms with Crippen molar-refractivity contribution >= 4 is 23.0 Å². The van der Waals surface area contributed by atoms with Crippen molar-refractivity contribution in [1.82, 2.24) is 0 Å². The average molecular weight is 357 g/mol. The number of anilines is 3. The van der Waals surface area contributed by atoms with Crippen LogP contribution in [0, 0.1) is 11.3 Å². The number of hydrogen-bond donors (Lipinski definition) is 2. The molecular weight excluding hydrogens is 342 g/mol. The largest absolute Gasteiger partial charge is 0.454 e. The summed E-state index contributed by atoms with van der Waals surface area (Å²) in [6.45, 7) is 0.173. The lowest BCUT2D eigenvalue weighted by Crippen LogP contribution is -2.11. The third-order valence-corrected chi connectivity index (χ3v) is 4.06. The van der Waals surface area contributed by atoms with E-state index >= 15 is 0 Å². The van der Waals surface area contributed by atoms with Gasteiger partial charge in [-0.25, -0.2) is 0 Å². The second kappa shape index (κ2) is 7.10. The highest BCUT2D eigenvalue weighted by molar-refractivity contribution is 6.04. The molecule has 0 bridgehead atoms. The molecule has 6 nitrogen and oxygen atoms in total. The third kappa shape index (κ3) is 3.67. The van der Waals surface area contributed by atoms with Crippen molar-refractivity contribution in [2.45, 2.75) is 0 Å². The molecule has 3 aromatic rings. The molecule has 27 heavy (non-hydrogen) atoms. The van der Waals surface area contributed by atoms with Gasteiger partial charge < -0.3 is 20.1 Å². The summed E-state index contributed by atoms with van der Waals surface area (Å²) in [6, 6.07) is 21.7. The standard InChI is InChI=1S/C21H15N3O3/c22-12-14-2-1-3-18(10-14)23-16-5-7-17(8-6-16)24-21(25)15-4-9-19-20(11-15)27-13-26-19/h1-11,23H,13H2,(H,24,25). The van der Waals surface area contributed by atoms with Crippen molar-refractivity contribution in [3.63, 3.8) is 0 Å². The molecule has 0 spiro atoms. The van der Waals surface area contributed by atoms with E-state index < -0.39 is 0 Å². The summed E-state index contributed by atoms with van der Waals surface area (Å²) in [5.41, 5.74) is 3.44. The van der Waals surface area contributed by atoms with E-state index in [2.05, 4.69) is 16.7 Å². The quantitative estimate of drug-likeness (QED) is 0.728. The second-order valence-electron chi connectivity index (χ2n) is 5.92. The van der Waals surface area contributed by atoms with Gasteiger partial charge in [0.05, 0.1) is 11.6 Å². The van der Waals surface area contributed by atoms with Crippen LogP contribution in [0.2, 0.25) is 0 Å². The molecule has 132 valence electrons. The number of ether oxygens (including phenoxy) is 2. The molecular formula is C21H15N3O3. The Balaban J connectivity index is 1.43. The first-order valence-electron chi connectivity index (χ1n) is 8.29. The lowest BCUT2D eigenvalue weighted by atomic mass is 10.1. The fourth-order valence-electron chi connectivity index (χ4n) is 2.71. The van der Waals surface area contributed by atoms with Crippen LogP contribution in [0.1, 0.15) is 15.9 Å². The molecule has 0 fully saturated rings. The van der Waals surface area contributed by atoms with Crippen LogP contribution in [0.25, 0.3) is 0 Å². The molecule has 4 rings (SSSR count). The first-order valence-corrected chi connectivity index (χ1v) is 8.29. The van der Waals surface area contributed by atoms with Crippen LogP contribution in [0.4, 0.5) is 17.1 Å². The maximum absolute atomic E-state index is 12.4. The third-order valence-electron chi connectivity index (χ3n) is 4.06. The number of benzene rings is 3. The van der Waals surface area contributed by atoms with Crippen LogP contribution in [0.5, 0.6) is 11.5 Å². The van der Waals surface area contributed by atoms with E-state index in [4.69, 9.17) is 14.7 Å². The summed E-state index contributed by atoms with van der Waals surface area (Å²) in [4.78, 5) is 12.4. The van der Waals surface area contributed by atoms with E-state index in [0.29, 0.717) is 28.3 Å². The lowest BCUT2D eigenvalue weighted by Gasteiger charge is -2.09. The van der Waals surface area contributed by atoms with E-state index in [0.717, 1.165) is 11.4 Å². The van der Waals surface area contributed by atoms with Crippen LogP contribution < -0.4 is 20.1 Å². The number of amides is 1. The van der Waals surface area contributed by atoms with Crippen LogP contribution in [0.3, 0.4) is 0 Å². The molecule has 0 radical (unpaired) electrons. The monoisotopic (exact) mass is 357 g/mol. The van der Waals surface area contributed by atoms with E-state index in [9.17, 15) is 4.79 Å². The SMILES string of the molecule is N#Cc1cccc(Nc2ccc(NC(=O)c3ccc4c(c3)OCO4)cc2)c1. The van der Waals surface area contributed by atoms with Crippen molar-refractivity contribution in [1.29, 1.82) is 5.26 Å². The predicted molar refractivity (Wildman–Crippen MR) is 101 cm³/mol. The van der Waals surface area contributed by atoms with Crippen molar-refractivity contribution in [2.75, 3.05) is 17.4 Å². The topological polar surface area (TPSA) is 83.4 Å². The molecule has 3 aromatic carbocycles. The number of nitrogens with zero attached hydrogens (tertiary/aromatic N) is 1. The molecule has 0 unspecified atom stereocenters. The fraction of sp³-hybridized carbons (Fsp3) is 0.0476. The van der Waals surface area contributed by atoms with Gasteiger partial charge in [0.15, 0.2) is 11.5 Å². The Kier molecular flexibility index (Phi) is 4.33. The van der Waals surface area contributed by atoms with Gasteiger partial charge in [-0.05, 0) is 60.7 Å². The van der Waals surface area contributed by atoms with Gasteiger partial charge in [-0.1, -0.05) is 6.07 Å². The number of nitriles is 1. The highest BCUT2D eigenvalue weighted by Gasteiger charge is 2.16. The lowest BCUT2D eigenvalue weighted by molar-refractivity contribution is 0.102. The summed E-state index contributed by atoms with van der Waals surface area (Å²) >= 11 is 0. The van der Waals surface area contributed by atoms with Crippen molar-refractivity contribution in [3.05, 3.63) is 77.9 Å². The Morgan fingerprint density at radius 3 is 2.48 bits per heavy atom. The van der Waals surface area contributed by atoms with Crippen molar-refractivity contribution in [2.24, 2.45) is 0 Å². The zero-order chi connectivity index (χ0) is 18.6. The number of carbonyl (C=O) groups excluding carboxylic acids is 1. The molecule has 6 heteroatoms. The summed E-state index contributed by atoms with van der Waals surface area (Å²) in [7, 11) is 0. The van der Waals surface area contributed by atoms with E-state index in [-0.39, 0.29) is 12.7 Å². The van der Waals surface area contributed by atoms with Gasteiger partial charge in [-0.2, -0.15) is 5.26 Å². The summed E-state index contributed by atoms with van der Waals surface area (Å²) < 4.78 is 10.5. The Bertz CT molecular complexity index is 1040. The Labute approximate surface area is 156 Å². The van der Waals surface area contributed by atoms with E-state index in [1.54, 1.807) is 42.5 Å². The fourth-order valence-corrected chi connectivity index (χ4v) is 2.71. The Morgan fingerprint density at radius 2 is 1.67 bits per heavy atom. The van der Waals surface area contributed by atoms with Crippen molar-refractivity contribution < 1.29 is 14.3 Å². The normalized spacial score (nSPS) is 11.5. The zero-order valence-electron chi connectivity index (χ0n) is 14.2. The molecule has 0 saturated carbocycles. The number of fused-ring (bicyclic) bond motifs is 1. The second-order valence-corrected chi connectivity index (χ2v) is 5.92. The number of nitrogens with one attached hydrogen (secondary N) is 2.